The molecule has 8 heteroatoms. The number of anilines is 1. The van der Waals surface area contributed by atoms with Crippen molar-refractivity contribution < 1.29 is 19.1 Å². The fourth-order valence-electron chi connectivity index (χ4n) is 3.07. The molecule has 1 atom stereocenters. The summed E-state index contributed by atoms with van der Waals surface area (Å²) in [7, 11) is 0. The van der Waals surface area contributed by atoms with E-state index in [1.165, 1.54) is 30.4 Å². The summed E-state index contributed by atoms with van der Waals surface area (Å²) in [6, 6.07) is 8.67. The summed E-state index contributed by atoms with van der Waals surface area (Å²) in [5, 5.41) is 11.8. The molecule has 0 bridgehead atoms. The van der Waals surface area contributed by atoms with Crippen LogP contribution in [0.5, 0.6) is 0 Å². The van der Waals surface area contributed by atoms with E-state index in [0.29, 0.717) is 16.1 Å². The van der Waals surface area contributed by atoms with Gasteiger partial charge in [-0.2, -0.15) is 5.26 Å². The molecule has 1 aromatic carbocycles. The number of aryl methyl sites for hydroxylation is 1. The van der Waals surface area contributed by atoms with Crippen LogP contribution in [0.1, 0.15) is 45.3 Å². The van der Waals surface area contributed by atoms with Crippen LogP contribution in [-0.2, 0) is 27.2 Å². The molecule has 0 spiro atoms. The highest BCUT2D eigenvalue weighted by Crippen LogP contribution is 2.38. The first-order valence-electron chi connectivity index (χ1n) is 9.03. The van der Waals surface area contributed by atoms with Crippen molar-refractivity contribution in [1.29, 1.82) is 5.26 Å². The highest BCUT2D eigenvalue weighted by atomic mass is 32.1. The first-order valence-corrected chi connectivity index (χ1v) is 9.84. The van der Waals surface area contributed by atoms with Crippen molar-refractivity contribution in [3.63, 3.8) is 0 Å². The minimum absolute atomic E-state index is 0.357. The number of nitrogens with zero attached hydrogens (tertiary/aromatic N) is 1. The molecule has 7 nitrogen and oxygen atoms in total. The molecule has 1 heterocycles. The molecule has 1 aliphatic carbocycles. The van der Waals surface area contributed by atoms with Crippen LogP contribution in [0, 0.1) is 11.3 Å². The van der Waals surface area contributed by atoms with Gasteiger partial charge < -0.3 is 15.8 Å². The number of nitrogens with two attached hydrogens (primary N) is 1. The molecule has 148 valence electrons. The fraction of sp³-hybridized carbons (Fsp3) is 0.238. The summed E-state index contributed by atoms with van der Waals surface area (Å²) in [6.07, 6.45) is 4.29. The van der Waals surface area contributed by atoms with Gasteiger partial charge in [0.25, 0.3) is 11.8 Å². The Hall–Kier alpha value is -3.44. The molecule has 1 aliphatic rings. The van der Waals surface area contributed by atoms with Crippen LogP contribution >= 0.6 is 11.3 Å². The Balaban J connectivity index is 1.60. The maximum Gasteiger partial charge on any atom is 0.331 e. The summed E-state index contributed by atoms with van der Waals surface area (Å²) in [5.74, 6) is -1.79. The Labute approximate surface area is 171 Å². The van der Waals surface area contributed by atoms with Crippen molar-refractivity contribution in [2.24, 2.45) is 5.73 Å². The average Bonchev–Trinajstić information content (AvgIpc) is 3.27. The van der Waals surface area contributed by atoms with Crippen molar-refractivity contribution in [1.82, 2.24) is 0 Å². The Morgan fingerprint density at radius 2 is 2.00 bits per heavy atom. The molecular formula is C21H19N3O4S. The average molecular weight is 409 g/mol. The molecule has 0 saturated carbocycles. The van der Waals surface area contributed by atoms with Crippen molar-refractivity contribution >= 4 is 40.2 Å². The number of fused-ring (bicyclic) bond motifs is 1. The van der Waals surface area contributed by atoms with Gasteiger partial charge in [0.05, 0.1) is 17.2 Å². The summed E-state index contributed by atoms with van der Waals surface area (Å²) in [5.41, 5.74) is 7.99. The van der Waals surface area contributed by atoms with E-state index in [2.05, 4.69) is 5.32 Å². The summed E-state index contributed by atoms with van der Waals surface area (Å²) in [6.45, 7) is 1.45. The van der Waals surface area contributed by atoms with Gasteiger partial charge in [-0.25, -0.2) is 4.79 Å². The molecule has 0 saturated heterocycles. The van der Waals surface area contributed by atoms with Crippen molar-refractivity contribution in [2.75, 3.05) is 5.32 Å². The molecule has 1 aromatic heterocycles. The fourth-order valence-corrected chi connectivity index (χ4v) is 4.36. The predicted molar refractivity (Wildman–Crippen MR) is 109 cm³/mol. The van der Waals surface area contributed by atoms with E-state index in [1.807, 2.05) is 6.07 Å². The molecule has 0 aliphatic heterocycles. The lowest BCUT2D eigenvalue weighted by Crippen LogP contribution is -2.30. The van der Waals surface area contributed by atoms with Crippen LogP contribution in [0.3, 0.4) is 0 Å². The third-order valence-electron chi connectivity index (χ3n) is 4.52. The number of benzene rings is 1. The Morgan fingerprint density at radius 3 is 2.66 bits per heavy atom. The number of esters is 1. The summed E-state index contributed by atoms with van der Waals surface area (Å²) in [4.78, 5) is 37.2. The molecule has 0 fully saturated rings. The monoisotopic (exact) mass is 409 g/mol. The highest BCUT2D eigenvalue weighted by Gasteiger charge is 2.27. The lowest BCUT2D eigenvalue weighted by Gasteiger charge is -2.12. The standard InChI is InChI=1S/C21H19N3O4S/c1-12(28-17(25)10-9-13-5-7-14(11-22)8-6-13)20(27)24-21-18(19(23)26)15-3-2-4-16(15)29-21/h5-10,12H,2-4H2,1H3,(H2,23,26)(H,24,27)/b10-9+/t12-/m1/s1. The number of thiophene rings is 1. The zero-order valence-electron chi connectivity index (χ0n) is 15.7. The molecular weight excluding hydrogens is 390 g/mol. The smallest absolute Gasteiger partial charge is 0.331 e. The van der Waals surface area contributed by atoms with E-state index >= 15 is 0 Å². The zero-order valence-corrected chi connectivity index (χ0v) is 16.5. The van der Waals surface area contributed by atoms with Gasteiger partial charge in [-0.15, -0.1) is 11.3 Å². The Bertz CT molecular complexity index is 1030. The van der Waals surface area contributed by atoms with Crippen LogP contribution in [0.4, 0.5) is 5.00 Å². The number of carbonyl (C=O) groups excluding carboxylic acids is 3. The summed E-state index contributed by atoms with van der Waals surface area (Å²) < 4.78 is 5.13. The number of nitriles is 1. The molecule has 2 aromatic rings. The zero-order chi connectivity index (χ0) is 21.0. The highest BCUT2D eigenvalue weighted by molar-refractivity contribution is 7.17. The van der Waals surface area contributed by atoms with E-state index in [1.54, 1.807) is 24.3 Å². The van der Waals surface area contributed by atoms with Crippen molar-refractivity contribution in [3.05, 3.63) is 57.5 Å². The number of amides is 2. The molecule has 29 heavy (non-hydrogen) atoms. The van der Waals surface area contributed by atoms with Crippen molar-refractivity contribution in [2.45, 2.75) is 32.3 Å². The quantitative estimate of drug-likeness (QED) is 0.561. The minimum Gasteiger partial charge on any atom is -0.449 e. The minimum atomic E-state index is -1.05. The van der Waals surface area contributed by atoms with Crippen LogP contribution in [-0.4, -0.2) is 23.9 Å². The van der Waals surface area contributed by atoms with E-state index in [9.17, 15) is 14.4 Å². The van der Waals surface area contributed by atoms with Crippen LogP contribution < -0.4 is 11.1 Å². The largest absolute Gasteiger partial charge is 0.449 e. The number of primary amides is 1. The summed E-state index contributed by atoms with van der Waals surface area (Å²) >= 11 is 1.34. The topological polar surface area (TPSA) is 122 Å². The maximum atomic E-state index is 12.4. The molecule has 2 amide bonds. The number of hydrogen-bond acceptors (Lipinski definition) is 6. The molecule has 3 N–H and O–H groups in total. The molecule has 0 radical (unpaired) electrons. The number of rotatable bonds is 6. The van der Waals surface area contributed by atoms with Gasteiger partial charge in [-0.3, -0.25) is 9.59 Å². The first kappa shape index (κ1) is 20.3. The van der Waals surface area contributed by atoms with Crippen LogP contribution in [0.25, 0.3) is 6.08 Å². The van der Waals surface area contributed by atoms with Gasteiger partial charge >= 0.3 is 5.97 Å². The Morgan fingerprint density at radius 1 is 1.28 bits per heavy atom. The van der Waals surface area contributed by atoms with Gasteiger partial charge in [0.15, 0.2) is 6.10 Å². The van der Waals surface area contributed by atoms with Gasteiger partial charge in [0, 0.05) is 11.0 Å². The number of carbonyl (C=O) groups is 3. The number of hydrogen-bond donors (Lipinski definition) is 2. The van der Waals surface area contributed by atoms with Gasteiger partial charge in [0.1, 0.15) is 5.00 Å². The number of nitrogens with one attached hydrogen (secondary N) is 1. The third-order valence-corrected chi connectivity index (χ3v) is 5.73. The van der Waals surface area contributed by atoms with E-state index in [-0.39, 0.29) is 0 Å². The van der Waals surface area contributed by atoms with Gasteiger partial charge in [0.2, 0.25) is 0 Å². The van der Waals surface area contributed by atoms with E-state index < -0.39 is 23.9 Å². The first-order chi connectivity index (χ1) is 13.9. The second kappa shape index (κ2) is 8.71. The SMILES string of the molecule is C[C@@H](OC(=O)/C=C/c1ccc(C#N)cc1)C(=O)Nc1sc2c(c1C(N)=O)CCC2. The maximum absolute atomic E-state index is 12.4. The van der Waals surface area contributed by atoms with Crippen LogP contribution in [0.2, 0.25) is 0 Å². The molecule has 3 rings (SSSR count). The second-order valence-electron chi connectivity index (χ2n) is 6.56. The van der Waals surface area contributed by atoms with E-state index in [4.69, 9.17) is 15.7 Å². The molecule has 0 unspecified atom stereocenters. The Kier molecular flexibility index (Phi) is 6.10. The van der Waals surface area contributed by atoms with Crippen LogP contribution in [0.15, 0.2) is 30.3 Å². The normalized spacial score (nSPS) is 13.5. The lowest BCUT2D eigenvalue weighted by atomic mass is 10.1. The third kappa shape index (κ3) is 4.70. The van der Waals surface area contributed by atoms with Crippen molar-refractivity contribution in [3.8, 4) is 6.07 Å². The van der Waals surface area contributed by atoms with Gasteiger partial charge in [-0.1, -0.05) is 12.1 Å². The predicted octanol–water partition coefficient (Wildman–Crippen LogP) is 2.79. The van der Waals surface area contributed by atoms with E-state index in [0.717, 1.165) is 35.3 Å². The van der Waals surface area contributed by atoms with Gasteiger partial charge in [-0.05, 0) is 55.5 Å². The number of ether oxygens (including phenoxy) is 1. The lowest BCUT2D eigenvalue weighted by molar-refractivity contribution is -0.148. The second-order valence-corrected chi connectivity index (χ2v) is 7.67.